The Hall–Kier alpha value is -2.93. The van der Waals surface area contributed by atoms with Crippen LogP contribution in [0.2, 0.25) is 0 Å². The lowest BCUT2D eigenvalue weighted by Crippen LogP contribution is -2.31. The van der Waals surface area contributed by atoms with E-state index in [2.05, 4.69) is 4.74 Å². The molecule has 2 aromatic carbocycles. The molecule has 0 bridgehead atoms. The molecule has 0 heterocycles. The molecule has 0 aromatic heterocycles. The van der Waals surface area contributed by atoms with Gasteiger partial charge in [-0.05, 0) is 36.2 Å². The maximum Gasteiger partial charge on any atom is 0.404 e. The molecule has 5 N–H and O–H groups in total. The third kappa shape index (κ3) is 7.90. The molecule has 0 aliphatic carbocycles. The minimum atomic E-state index is -1.04. The fraction of sp³-hybridized carbons (Fsp3) is 0.176. The van der Waals surface area contributed by atoms with Crippen molar-refractivity contribution in [2.45, 2.75) is 12.5 Å². The standard InChI is InChI=1S/C10H14N2O2.C7H5FO2/c11-9(7-14-10(12)13)6-8-4-2-1-3-5-8;8-6-3-1-5(2-4-6)7(9)10/h1-5,9H,6-7,11H2,(H2,12,13);1-4H,(H,9,10). The number of aromatic carboxylic acids is 1. The van der Waals surface area contributed by atoms with E-state index in [1.54, 1.807) is 0 Å². The Morgan fingerprint density at radius 1 is 1.08 bits per heavy atom. The summed E-state index contributed by atoms with van der Waals surface area (Å²) in [6, 6.07) is 14.2. The number of hydrogen-bond donors (Lipinski definition) is 3. The SMILES string of the molecule is NC(=O)OCC(N)Cc1ccccc1.O=C(O)c1ccc(F)cc1. The van der Waals surface area contributed by atoms with E-state index in [4.69, 9.17) is 16.6 Å². The molecule has 24 heavy (non-hydrogen) atoms. The van der Waals surface area contributed by atoms with Crippen LogP contribution in [0.3, 0.4) is 0 Å². The molecule has 0 saturated carbocycles. The number of benzene rings is 2. The first kappa shape index (κ1) is 19.1. The number of primary amides is 1. The number of halogens is 1. The largest absolute Gasteiger partial charge is 0.478 e. The number of rotatable bonds is 5. The highest BCUT2D eigenvalue weighted by atomic mass is 19.1. The van der Waals surface area contributed by atoms with E-state index in [1.165, 1.54) is 12.1 Å². The van der Waals surface area contributed by atoms with E-state index in [0.29, 0.717) is 6.42 Å². The molecular formula is C17H19FN2O4. The van der Waals surface area contributed by atoms with Crippen LogP contribution in [0.15, 0.2) is 54.6 Å². The zero-order valence-electron chi connectivity index (χ0n) is 12.9. The van der Waals surface area contributed by atoms with Gasteiger partial charge in [-0.25, -0.2) is 14.0 Å². The van der Waals surface area contributed by atoms with Gasteiger partial charge in [0.25, 0.3) is 0 Å². The Kier molecular flexibility index (Phi) is 7.93. The van der Waals surface area contributed by atoms with Crippen molar-refractivity contribution < 1.29 is 23.8 Å². The van der Waals surface area contributed by atoms with Crippen molar-refractivity contribution in [3.63, 3.8) is 0 Å². The van der Waals surface area contributed by atoms with Crippen LogP contribution in [0.25, 0.3) is 0 Å². The van der Waals surface area contributed by atoms with Gasteiger partial charge in [0, 0.05) is 6.04 Å². The van der Waals surface area contributed by atoms with Crippen molar-refractivity contribution in [1.29, 1.82) is 0 Å². The lowest BCUT2D eigenvalue weighted by atomic mass is 10.1. The normalized spacial score (nSPS) is 10.9. The first-order chi connectivity index (χ1) is 11.4. The van der Waals surface area contributed by atoms with Crippen molar-refractivity contribution in [2.24, 2.45) is 11.5 Å². The van der Waals surface area contributed by atoms with Crippen LogP contribution in [0.5, 0.6) is 0 Å². The van der Waals surface area contributed by atoms with E-state index in [0.717, 1.165) is 17.7 Å². The van der Waals surface area contributed by atoms with Crippen LogP contribution in [-0.4, -0.2) is 29.8 Å². The number of nitrogens with two attached hydrogens (primary N) is 2. The predicted molar refractivity (Wildman–Crippen MR) is 87.0 cm³/mol. The van der Waals surface area contributed by atoms with Crippen molar-refractivity contribution in [3.8, 4) is 0 Å². The number of carboxylic acid groups (broad SMARTS) is 1. The summed E-state index contributed by atoms with van der Waals surface area (Å²) in [7, 11) is 0. The van der Waals surface area contributed by atoms with Crippen molar-refractivity contribution in [1.82, 2.24) is 0 Å². The maximum atomic E-state index is 12.2. The van der Waals surface area contributed by atoms with Crippen molar-refractivity contribution in [3.05, 3.63) is 71.5 Å². The van der Waals surface area contributed by atoms with E-state index < -0.39 is 17.9 Å². The lowest BCUT2D eigenvalue weighted by Gasteiger charge is -2.10. The minimum absolute atomic E-state index is 0.0985. The molecule has 2 aromatic rings. The molecule has 7 heteroatoms. The summed E-state index contributed by atoms with van der Waals surface area (Å²) in [5.41, 5.74) is 11.8. The van der Waals surface area contributed by atoms with Gasteiger partial charge in [0.05, 0.1) is 5.56 Å². The zero-order valence-corrected chi connectivity index (χ0v) is 12.9. The fourth-order valence-corrected chi connectivity index (χ4v) is 1.76. The van der Waals surface area contributed by atoms with Crippen LogP contribution >= 0.6 is 0 Å². The molecule has 128 valence electrons. The second-order valence-electron chi connectivity index (χ2n) is 4.89. The lowest BCUT2D eigenvalue weighted by molar-refractivity contribution is 0.0696. The predicted octanol–water partition coefficient (Wildman–Crippen LogP) is 2.18. The zero-order chi connectivity index (χ0) is 17.9. The average molecular weight is 334 g/mol. The number of carbonyl (C=O) groups excluding carboxylic acids is 1. The second-order valence-corrected chi connectivity index (χ2v) is 4.89. The summed E-state index contributed by atoms with van der Waals surface area (Å²) >= 11 is 0. The molecule has 0 fully saturated rings. The summed E-state index contributed by atoms with van der Waals surface area (Å²) in [5.74, 6) is -1.47. The molecule has 0 aliphatic heterocycles. The Morgan fingerprint density at radius 3 is 2.17 bits per heavy atom. The van der Waals surface area contributed by atoms with Gasteiger partial charge in [-0.2, -0.15) is 0 Å². The Balaban J connectivity index is 0.000000254. The molecule has 1 unspecified atom stereocenters. The van der Waals surface area contributed by atoms with Gasteiger partial charge in [0.1, 0.15) is 12.4 Å². The Labute approximate surface area is 138 Å². The molecule has 1 amide bonds. The number of amides is 1. The number of carbonyl (C=O) groups is 2. The molecule has 0 radical (unpaired) electrons. The molecular weight excluding hydrogens is 315 g/mol. The molecule has 0 spiro atoms. The summed E-state index contributed by atoms with van der Waals surface area (Å²) in [5, 5.41) is 8.35. The van der Waals surface area contributed by atoms with Crippen molar-refractivity contribution in [2.75, 3.05) is 6.61 Å². The quantitative estimate of drug-likeness (QED) is 0.775. The third-order valence-electron chi connectivity index (χ3n) is 2.87. The van der Waals surface area contributed by atoms with Gasteiger partial charge < -0.3 is 21.3 Å². The van der Waals surface area contributed by atoms with E-state index >= 15 is 0 Å². The maximum absolute atomic E-state index is 12.2. The smallest absolute Gasteiger partial charge is 0.404 e. The number of hydrogen-bond acceptors (Lipinski definition) is 4. The Bertz CT molecular complexity index is 647. The van der Waals surface area contributed by atoms with Gasteiger partial charge in [-0.15, -0.1) is 0 Å². The number of ether oxygens (including phenoxy) is 1. The molecule has 1 atom stereocenters. The summed E-state index contributed by atoms with van der Waals surface area (Å²) in [4.78, 5) is 20.5. The van der Waals surface area contributed by atoms with Gasteiger partial charge in [-0.1, -0.05) is 30.3 Å². The first-order valence-corrected chi connectivity index (χ1v) is 7.09. The van der Waals surface area contributed by atoms with Gasteiger partial charge in [0.15, 0.2) is 0 Å². The molecule has 0 aliphatic rings. The second kappa shape index (κ2) is 9.96. The van der Waals surface area contributed by atoms with E-state index in [1.807, 2.05) is 30.3 Å². The highest BCUT2D eigenvalue weighted by Crippen LogP contribution is 2.02. The average Bonchev–Trinajstić information content (AvgIpc) is 2.55. The summed E-state index contributed by atoms with van der Waals surface area (Å²) < 4.78 is 16.7. The van der Waals surface area contributed by atoms with Crippen molar-refractivity contribution >= 4 is 12.1 Å². The molecule has 2 rings (SSSR count). The topological polar surface area (TPSA) is 116 Å². The monoisotopic (exact) mass is 334 g/mol. The van der Waals surface area contributed by atoms with Crippen LogP contribution in [-0.2, 0) is 11.2 Å². The van der Waals surface area contributed by atoms with Crippen LogP contribution in [0.1, 0.15) is 15.9 Å². The van der Waals surface area contributed by atoms with Crippen LogP contribution in [0.4, 0.5) is 9.18 Å². The third-order valence-corrected chi connectivity index (χ3v) is 2.87. The van der Waals surface area contributed by atoms with Gasteiger partial charge >= 0.3 is 12.1 Å². The van der Waals surface area contributed by atoms with Crippen LogP contribution < -0.4 is 11.5 Å². The highest BCUT2D eigenvalue weighted by molar-refractivity contribution is 5.87. The van der Waals surface area contributed by atoms with E-state index in [9.17, 15) is 14.0 Å². The minimum Gasteiger partial charge on any atom is -0.478 e. The number of carboxylic acids is 1. The Morgan fingerprint density at radius 2 is 1.67 bits per heavy atom. The van der Waals surface area contributed by atoms with Crippen LogP contribution in [0, 0.1) is 5.82 Å². The fourth-order valence-electron chi connectivity index (χ4n) is 1.76. The summed E-state index contributed by atoms with van der Waals surface area (Å²) in [6.45, 7) is 0.157. The van der Waals surface area contributed by atoms with Gasteiger partial charge in [-0.3, -0.25) is 0 Å². The first-order valence-electron chi connectivity index (χ1n) is 7.09. The summed E-state index contributed by atoms with van der Waals surface area (Å²) in [6.07, 6.45) is -0.109. The highest BCUT2D eigenvalue weighted by Gasteiger charge is 2.05. The molecule has 6 nitrogen and oxygen atoms in total. The van der Waals surface area contributed by atoms with Gasteiger partial charge in [0.2, 0.25) is 0 Å². The van der Waals surface area contributed by atoms with E-state index in [-0.39, 0.29) is 18.2 Å². The molecule has 0 saturated heterocycles.